The lowest BCUT2D eigenvalue weighted by Crippen LogP contribution is -2.05. The van der Waals surface area contributed by atoms with Gasteiger partial charge < -0.3 is 0 Å². The van der Waals surface area contributed by atoms with Crippen molar-refractivity contribution in [2.24, 2.45) is 0 Å². The van der Waals surface area contributed by atoms with Crippen molar-refractivity contribution in [1.82, 2.24) is 14.8 Å². The van der Waals surface area contributed by atoms with Crippen molar-refractivity contribution in [2.45, 2.75) is 20.8 Å². The average molecular weight is 311 g/mol. The maximum Gasteiger partial charge on any atom is 0.287 e. The highest BCUT2D eigenvalue weighted by atomic mass is 79.9. The lowest BCUT2D eigenvalue weighted by molar-refractivity contribution is -0.385. The van der Waals surface area contributed by atoms with Gasteiger partial charge in [-0.3, -0.25) is 10.1 Å². The van der Waals surface area contributed by atoms with Crippen LogP contribution in [0.1, 0.15) is 17.0 Å². The molecule has 0 bridgehead atoms. The third kappa shape index (κ3) is 2.01. The first-order valence-electron chi connectivity index (χ1n) is 5.25. The molecule has 0 aliphatic carbocycles. The van der Waals surface area contributed by atoms with E-state index in [1.54, 1.807) is 11.6 Å². The highest BCUT2D eigenvalue weighted by Gasteiger charge is 2.15. The largest absolute Gasteiger partial charge is 0.287 e. The van der Waals surface area contributed by atoms with Crippen LogP contribution in [0.25, 0.3) is 5.82 Å². The summed E-state index contributed by atoms with van der Waals surface area (Å²) < 4.78 is 2.60. The van der Waals surface area contributed by atoms with Gasteiger partial charge in [0.25, 0.3) is 5.69 Å². The van der Waals surface area contributed by atoms with E-state index in [-0.39, 0.29) is 5.69 Å². The van der Waals surface area contributed by atoms with Crippen LogP contribution in [-0.4, -0.2) is 19.7 Å². The fourth-order valence-corrected chi connectivity index (χ4v) is 1.95. The van der Waals surface area contributed by atoms with Crippen LogP contribution in [0.15, 0.2) is 16.7 Å². The lowest BCUT2D eigenvalue weighted by atomic mass is 10.2. The summed E-state index contributed by atoms with van der Waals surface area (Å²) in [4.78, 5) is 14.3. The van der Waals surface area contributed by atoms with Crippen LogP contribution in [-0.2, 0) is 0 Å². The summed E-state index contributed by atoms with van der Waals surface area (Å²) in [6, 6.07) is 1.49. The second kappa shape index (κ2) is 4.49. The van der Waals surface area contributed by atoms with E-state index < -0.39 is 4.92 Å². The molecule has 0 atom stereocenters. The van der Waals surface area contributed by atoms with Gasteiger partial charge in [-0.2, -0.15) is 5.10 Å². The SMILES string of the molecule is Cc1cc([N+](=O)[O-])cnc1-n1nc(C)c(Br)c1C. The summed E-state index contributed by atoms with van der Waals surface area (Å²) in [5.41, 5.74) is 2.46. The van der Waals surface area contributed by atoms with E-state index in [1.165, 1.54) is 12.3 Å². The first-order valence-corrected chi connectivity index (χ1v) is 6.04. The molecule has 0 spiro atoms. The van der Waals surface area contributed by atoms with Gasteiger partial charge in [-0.15, -0.1) is 0 Å². The molecule has 0 amide bonds. The van der Waals surface area contributed by atoms with Crippen molar-refractivity contribution in [1.29, 1.82) is 0 Å². The third-order valence-electron chi connectivity index (χ3n) is 2.65. The quantitative estimate of drug-likeness (QED) is 0.631. The summed E-state index contributed by atoms with van der Waals surface area (Å²) in [7, 11) is 0. The number of hydrogen-bond acceptors (Lipinski definition) is 4. The maximum atomic E-state index is 10.7. The number of aromatic nitrogens is 3. The topological polar surface area (TPSA) is 73.8 Å². The Labute approximate surface area is 112 Å². The maximum absolute atomic E-state index is 10.7. The smallest absolute Gasteiger partial charge is 0.258 e. The Bertz CT molecular complexity index is 636. The normalized spacial score (nSPS) is 10.7. The molecule has 0 aromatic carbocycles. The van der Waals surface area contributed by atoms with E-state index in [4.69, 9.17) is 0 Å². The van der Waals surface area contributed by atoms with Gasteiger partial charge in [0.1, 0.15) is 6.20 Å². The van der Waals surface area contributed by atoms with Crippen molar-refractivity contribution in [3.05, 3.63) is 43.8 Å². The number of aryl methyl sites for hydroxylation is 2. The third-order valence-corrected chi connectivity index (χ3v) is 3.80. The highest BCUT2D eigenvalue weighted by Crippen LogP contribution is 2.24. The molecule has 0 N–H and O–H groups in total. The van der Waals surface area contributed by atoms with Gasteiger partial charge in [-0.05, 0) is 36.7 Å². The Morgan fingerprint density at radius 2 is 2.06 bits per heavy atom. The predicted molar refractivity (Wildman–Crippen MR) is 69.9 cm³/mol. The Hall–Kier alpha value is -1.76. The molecular formula is C11H11BrN4O2. The van der Waals surface area contributed by atoms with Gasteiger partial charge in [0.15, 0.2) is 5.82 Å². The summed E-state index contributed by atoms with van der Waals surface area (Å²) in [6.07, 6.45) is 1.24. The van der Waals surface area contributed by atoms with Crippen LogP contribution in [0.2, 0.25) is 0 Å². The van der Waals surface area contributed by atoms with Gasteiger partial charge in [-0.25, -0.2) is 9.67 Å². The molecule has 2 aromatic rings. The predicted octanol–water partition coefficient (Wildman–Crippen LogP) is 2.86. The fraction of sp³-hybridized carbons (Fsp3) is 0.273. The van der Waals surface area contributed by atoms with Crippen molar-refractivity contribution >= 4 is 21.6 Å². The first-order chi connectivity index (χ1) is 8.41. The lowest BCUT2D eigenvalue weighted by Gasteiger charge is -2.06. The van der Waals surface area contributed by atoms with Crippen LogP contribution < -0.4 is 0 Å². The molecule has 7 heteroatoms. The zero-order valence-corrected chi connectivity index (χ0v) is 11.7. The first kappa shape index (κ1) is 12.7. The van der Waals surface area contributed by atoms with Crippen molar-refractivity contribution in [3.63, 3.8) is 0 Å². The van der Waals surface area contributed by atoms with E-state index >= 15 is 0 Å². The minimum atomic E-state index is -0.457. The minimum absolute atomic E-state index is 0.0168. The molecule has 0 fully saturated rings. The summed E-state index contributed by atoms with van der Waals surface area (Å²) >= 11 is 3.44. The van der Waals surface area contributed by atoms with E-state index in [1.807, 2.05) is 13.8 Å². The Kier molecular flexibility index (Phi) is 3.16. The highest BCUT2D eigenvalue weighted by molar-refractivity contribution is 9.10. The molecule has 2 aromatic heterocycles. The molecule has 2 heterocycles. The molecule has 0 unspecified atom stereocenters. The van der Waals surface area contributed by atoms with Crippen molar-refractivity contribution in [3.8, 4) is 5.82 Å². The molecule has 18 heavy (non-hydrogen) atoms. The van der Waals surface area contributed by atoms with Crippen molar-refractivity contribution < 1.29 is 4.92 Å². The van der Waals surface area contributed by atoms with E-state index in [9.17, 15) is 10.1 Å². The number of hydrogen-bond donors (Lipinski definition) is 0. The zero-order chi connectivity index (χ0) is 13.4. The Morgan fingerprint density at radius 3 is 2.50 bits per heavy atom. The second-order valence-corrected chi connectivity index (χ2v) is 4.78. The minimum Gasteiger partial charge on any atom is -0.258 e. The van der Waals surface area contributed by atoms with Gasteiger partial charge in [-0.1, -0.05) is 0 Å². The number of halogens is 1. The number of pyridine rings is 1. The van der Waals surface area contributed by atoms with Crippen LogP contribution in [0, 0.1) is 30.9 Å². The van der Waals surface area contributed by atoms with Gasteiger partial charge in [0.2, 0.25) is 0 Å². The van der Waals surface area contributed by atoms with Crippen LogP contribution in [0.3, 0.4) is 0 Å². The van der Waals surface area contributed by atoms with Crippen LogP contribution >= 0.6 is 15.9 Å². The molecule has 0 radical (unpaired) electrons. The molecular weight excluding hydrogens is 300 g/mol. The standard InChI is InChI=1S/C11H11BrN4O2/c1-6-4-9(16(17)18)5-13-11(6)15-8(3)10(12)7(2)14-15/h4-5H,1-3H3. The number of nitrogens with zero attached hydrogens (tertiary/aromatic N) is 4. The molecule has 0 saturated carbocycles. The van der Waals surface area contributed by atoms with Crippen LogP contribution in [0.5, 0.6) is 0 Å². The Morgan fingerprint density at radius 1 is 1.39 bits per heavy atom. The molecule has 6 nitrogen and oxygen atoms in total. The summed E-state index contributed by atoms with van der Waals surface area (Å²) in [5, 5.41) is 15.0. The Balaban J connectivity index is 2.58. The molecule has 0 aliphatic heterocycles. The monoisotopic (exact) mass is 310 g/mol. The van der Waals surface area contributed by atoms with E-state index in [2.05, 4.69) is 26.0 Å². The zero-order valence-electron chi connectivity index (χ0n) is 10.1. The molecule has 0 saturated heterocycles. The summed E-state index contributed by atoms with van der Waals surface area (Å²) in [6.45, 7) is 5.57. The van der Waals surface area contributed by atoms with Crippen molar-refractivity contribution in [2.75, 3.05) is 0 Å². The summed E-state index contributed by atoms with van der Waals surface area (Å²) in [5.74, 6) is 0.604. The van der Waals surface area contributed by atoms with Crippen LogP contribution in [0.4, 0.5) is 5.69 Å². The molecule has 2 rings (SSSR count). The average Bonchev–Trinajstić information content (AvgIpc) is 2.57. The molecule has 0 aliphatic rings. The van der Waals surface area contributed by atoms with E-state index in [0.717, 1.165) is 15.9 Å². The molecule has 94 valence electrons. The van der Waals surface area contributed by atoms with Gasteiger partial charge in [0, 0.05) is 11.6 Å². The fourth-order valence-electron chi connectivity index (χ4n) is 1.70. The second-order valence-electron chi connectivity index (χ2n) is 3.99. The number of nitro groups is 1. The number of rotatable bonds is 2. The van der Waals surface area contributed by atoms with Gasteiger partial charge >= 0.3 is 0 Å². The van der Waals surface area contributed by atoms with Gasteiger partial charge in [0.05, 0.1) is 20.8 Å². The van der Waals surface area contributed by atoms with E-state index in [0.29, 0.717) is 11.4 Å².